The van der Waals surface area contributed by atoms with Crippen LogP contribution in [0.4, 0.5) is 21.5 Å². The summed E-state index contributed by atoms with van der Waals surface area (Å²) >= 11 is 21.2. The monoisotopic (exact) mass is 683 g/mol. The number of aromatic hydroxyl groups is 1. The zero-order valence-electron chi connectivity index (χ0n) is 23.4. The number of imide groups is 2. The van der Waals surface area contributed by atoms with Gasteiger partial charge in [-0.2, -0.15) is 0 Å². The second-order valence-electron chi connectivity index (χ2n) is 11.7. The van der Waals surface area contributed by atoms with Gasteiger partial charge in [0.15, 0.2) is 9.75 Å². The number of rotatable bonds is 4. The Bertz CT molecular complexity index is 1920. The third-order valence-electron chi connectivity index (χ3n) is 9.51. The first-order valence-electron chi connectivity index (χ1n) is 14.1. The summed E-state index contributed by atoms with van der Waals surface area (Å²) in [4.78, 5) is 64.5. The van der Waals surface area contributed by atoms with Crippen LogP contribution in [0.1, 0.15) is 24.3 Å². The Morgan fingerprint density at radius 1 is 0.870 bits per heavy atom. The van der Waals surface area contributed by atoms with Crippen molar-refractivity contribution in [2.24, 2.45) is 17.8 Å². The van der Waals surface area contributed by atoms with Crippen molar-refractivity contribution < 1.29 is 33.6 Å². The maximum atomic E-state index is 14.4. The highest BCUT2D eigenvalue weighted by molar-refractivity contribution is 6.58. The zero-order valence-corrected chi connectivity index (χ0v) is 25.7. The summed E-state index contributed by atoms with van der Waals surface area (Å²) in [5.74, 6) is -7.55. The molecule has 1 saturated carbocycles. The van der Waals surface area contributed by atoms with Crippen LogP contribution in [0.15, 0.2) is 78.4 Å². The Morgan fingerprint density at radius 2 is 1.50 bits per heavy atom. The minimum atomic E-state index is -2.18. The molecule has 46 heavy (non-hydrogen) atoms. The number of anilines is 2. The second-order valence-corrected chi connectivity index (χ2v) is 13.4. The van der Waals surface area contributed by atoms with Crippen LogP contribution >= 0.6 is 34.8 Å². The number of alkyl halides is 2. The number of carbonyl (C=O) groups excluding carboxylic acids is 4. The van der Waals surface area contributed by atoms with E-state index in [1.165, 1.54) is 54.6 Å². The molecule has 4 aliphatic rings. The highest BCUT2D eigenvalue weighted by atomic mass is 35.5. The van der Waals surface area contributed by atoms with E-state index < -0.39 is 67.8 Å². The molecule has 2 aliphatic carbocycles. The fourth-order valence-corrected chi connectivity index (χ4v) is 8.68. The first kappa shape index (κ1) is 30.3. The standard InChI is InChI=1S/C32H21Cl3FN3O7/c33-24-13-19(40)9-10-21(24)26-20-11-12-22-25(28(42)37(27(22)41)16-5-7-18(8-6-16)39(45)46)23(20)14-31(34)29(43)38(30(44)32(26,31)35)17-3-1-15(36)2-4-17/h1-11,13,22-23,25-26,40H,12,14H2/t22-,23+,25-,26+,31+,32-/m0/s1. The summed E-state index contributed by atoms with van der Waals surface area (Å²) in [6.45, 7) is 0. The highest BCUT2D eigenvalue weighted by Crippen LogP contribution is 2.66. The third kappa shape index (κ3) is 4.01. The molecule has 7 rings (SSSR count). The molecule has 2 heterocycles. The van der Waals surface area contributed by atoms with E-state index >= 15 is 0 Å². The van der Waals surface area contributed by atoms with Gasteiger partial charge in [0.25, 0.3) is 17.5 Å². The van der Waals surface area contributed by atoms with Gasteiger partial charge in [-0.05, 0) is 72.9 Å². The number of fused-ring (bicyclic) bond motifs is 4. The molecule has 2 saturated heterocycles. The number of benzene rings is 3. The summed E-state index contributed by atoms with van der Waals surface area (Å²) in [5.41, 5.74) is 0.705. The molecule has 3 aromatic rings. The van der Waals surface area contributed by atoms with Crippen LogP contribution in [0.3, 0.4) is 0 Å². The maximum absolute atomic E-state index is 14.4. The highest BCUT2D eigenvalue weighted by Gasteiger charge is 2.76. The van der Waals surface area contributed by atoms with Gasteiger partial charge in [0.05, 0.1) is 28.1 Å². The summed E-state index contributed by atoms with van der Waals surface area (Å²) in [5, 5.41) is 21.3. The molecular weight excluding hydrogens is 664 g/mol. The van der Waals surface area contributed by atoms with Crippen molar-refractivity contribution in [2.45, 2.75) is 28.5 Å². The Balaban J connectivity index is 1.38. The van der Waals surface area contributed by atoms with Crippen LogP contribution in [0, 0.1) is 33.7 Å². The Labute approximate surface area is 275 Å². The number of nitrogens with zero attached hydrogens (tertiary/aromatic N) is 3. The summed E-state index contributed by atoms with van der Waals surface area (Å²) in [6.07, 6.45) is 1.51. The van der Waals surface area contributed by atoms with Gasteiger partial charge < -0.3 is 5.11 Å². The predicted octanol–water partition coefficient (Wildman–Crippen LogP) is 5.86. The lowest BCUT2D eigenvalue weighted by molar-refractivity contribution is -0.384. The van der Waals surface area contributed by atoms with E-state index in [4.69, 9.17) is 34.8 Å². The number of carbonyl (C=O) groups is 4. The van der Waals surface area contributed by atoms with Crippen molar-refractivity contribution in [1.82, 2.24) is 0 Å². The fraction of sp³-hybridized carbons (Fsp3) is 0.250. The van der Waals surface area contributed by atoms with Gasteiger partial charge >= 0.3 is 0 Å². The average Bonchev–Trinajstić information content (AvgIpc) is 3.36. The summed E-state index contributed by atoms with van der Waals surface area (Å²) < 4.78 is 13.8. The van der Waals surface area contributed by atoms with E-state index in [0.717, 1.165) is 21.9 Å². The zero-order chi connectivity index (χ0) is 32.9. The van der Waals surface area contributed by atoms with Gasteiger partial charge in [-0.15, -0.1) is 23.2 Å². The van der Waals surface area contributed by atoms with Crippen molar-refractivity contribution in [3.63, 3.8) is 0 Å². The molecule has 3 aromatic carbocycles. The van der Waals surface area contributed by atoms with E-state index in [-0.39, 0.29) is 46.2 Å². The van der Waals surface area contributed by atoms with Gasteiger partial charge in [-0.1, -0.05) is 29.3 Å². The van der Waals surface area contributed by atoms with Gasteiger partial charge in [0, 0.05) is 23.1 Å². The molecule has 0 unspecified atom stereocenters. The van der Waals surface area contributed by atoms with Crippen molar-refractivity contribution in [2.75, 3.05) is 9.80 Å². The van der Waals surface area contributed by atoms with Gasteiger partial charge in [-0.25, -0.2) is 9.29 Å². The molecule has 3 fully saturated rings. The van der Waals surface area contributed by atoms with Crippen LogP contribution in [0.2, 0.25) is 5.02 Å². The number of non-ortho nitro benzene ring substituents is 1. The largest absolute Gasteiger partial charge is 0.508 e. The molecule has 4 amide bonds. The van der Waals surface area contributed by atoms with E-state index in [0.29, 0.717) is 5.57 Å². The first-order valence-corrected chi connectivity index (χ1v) is 15.3. The number of halogens is 4. The van der Waals surface area contributed by atoms with E-state index in [9.17, 15) is 38.8 Å². The first-order chi connectivity index (χ1) is 21.8. The smallest absolute Gasteiger partial charge is 0.269 e. The number of hydrogen-bond donors (Lipinski definition) is 1. The van der Waals surface area contributed by atoms with Gasteiger partial charge in [-0.3, -0.25) is 34.2 Å². The molecule has 234 valence electrons. The van der Waals surface area contributed by atoms with E-state index in [1.54, 1.807) is 6.08 Å². The molecular formula is C32H21Cl3FN3O7. The van der Waals surface area contributed by atoms with Crippen LogP contribution in [0.5, 0.6) is 5.75 Å². The topological polar surface area (TPSA) is 138 Å². The lowest BCUT2D eigenvalue weighted by Gasteiger charge is -2.50. The molecule has 14 heteroatoms. The molecule has 0 aromatic heterocycles. The van der Waals surface area contributed by atoms with Crippen LogP contribution < -0.4 is 9.80 Å². The van der Waals surface area contributed by atoms with Crippen molar-refractivity contribution in [3.8, 4) is 5.75 Å². The van der Waals surface area contributed by atoms with E-state index in [1.807, 2.05) is 0 Å². The minimum absolute atomic E-state index is 0.0227. The normalized spacial score (nSPS) is 30.2. The molecule has 0 radical (unpaired) electrons. The van der Waals surface area contributed by atoms with Crippen LogP contribution in [0.25, 0.3) is 0 Å². The molecule has 0 spiro atoms. The Morgan fingerprint density at radius 3 is 2.13 bits per heavy atom. The molecule has 10 nitrogen and oxygen atoms in total. The van der Waals surface area contributed by atoms with Crippen LogP contribution in [-0.4, -0.2) is 43.4 Å². The number of phenols is 1. The third-order valence-corrected chi connectivity index (χ3v) is 11.3. The number of nitro groups is 1. The lowest BCUT2D eigenvalue weighted by Crippen LogP contribution is -2.60. The molecule has 0 bridgehead atoms. The summed E-state index contributed by atoms with van der Waals surface area (Å²) in [6, 6.07) is 13.7. The minimum Gasteiger partial charge on any atom is -0.508 e. The maximum Gasteiger partial charge on any atom is 0.269 e. The predicted molar refractivity (Wildman–Crippen MR) is 165 cm³/mol. The number of phenolic OH excluding ortho intramolecular Hbond substituents is 1. The van der Waals surface area contributed by atoms with Crippen LogP contribution in [-0.2, 0) is 19.2 Å². The quantitative estimate of drug-likeness (QED) is 0.119. The Kier molecular flexibility index (Phi) is 6.82. The van der Waals surface area contributed by atoms with Gasteiger partial charge in [0.2, 0.25) is 11.8 Å². The number of nitro benzene ring substituents is 1. The fourth-order valence-electron chi connectivity index (χ4n) is 7.47. The second kappa shape index (κ2) is 10.3. The van der Waals surface area contributed by atoms with E-state index in [2.05, 4.69) is 0 Å². The van der Waals surface area contributed by atoms with Crippen molar-refractivity contribution in [3.05, 3.63) is 105 Å². The molecule has 1 N–H and O–H groups in total. The van der Waals surface area contributed by atoms with Crippen molar-refractivity contribution >= 4 is 75.5 Å². The van der Waals surface area contributed by atoms with Crippen molar-refractivity contribution in [1.29, 1.82) is 0 Å². The lowest BCUT2D eigenvalue weighted by atomic mass is 9.56. The average molecular weight is 685 g/mol. The SMILES string of the molecule is O=C1[C@H]2[C@H](CC=C3[C@H]2C[C@@]2(Cl)C(=O)N(c4ccc(F)cc4)C(=O)[C@@]2(Cl)[C@H]3c2ccc(O)cc2Cl)C(=O)N1c1ccc([N+](=O)[O-])cc1. The number of amides is 4. The summed E-state index contributed by atoms with van der Waals surface area (Å²) in [7, 11) is 0. The molecule has 6 atom stereocenters. The Hall–Kier alpha value is -4.32. The number of hydrogen-bond acceptors (Lipinski definition) is 7. The molecule has 2 aliphatic heterocycles. The van der Waals surface area contributed by atoms with Gasteiger partial charge in [0.1, 0.15) is 11.6 Å². The number of allylic oxidation sites excluding steroid dienone is 2.